The van der Waals surface area contributed by atoms with Crippen LogP contribution in [0.5, 0.6) is 0 Å². The van der Waals surface area contributed by atoms with Crippen molar-refractivity contribution in [2.24, 2.45) is 5.16 Å². The second-order valence-corrected chi connectivity index (χ2v) is 5.26. The summed E-state index contributed by atoms with van der Waals surface area (Å²) in [6, 6.07) is 1.98. The quantitative estimate of drug-likeness (QED) is 0.460. The molecule has 104 valence electrons. The molecule has 0 bridgehead atoms. The van der Waals surface area contributed by atoms with Crippen LogP contribution in [-0.2, 0) is 6.42 Å². The number of pyridine rings is 1. The Morgan fingerprint density at radius 3 is 2.74 bits per heavy atom. The molecule has 0 aliphatic heterocycles. The van der Waals surface area contributed by atoms with Crippen LogP contribution in [0.25, 0.3) is 12.2 Å². The van der Waals surface area contributed by atoms with Crippen molar-refractivity contribution in [3.8, 4) is 0 Å². The van der Waals surface area contributed by atoms with E-state index in [0.717, 1.165) is 29.8 Å². The first-order chi connectivity index (χ1) is 9.35. The molecule has 1 aliphatic rings. The molecular weight excluding hydrogens is 236 g/mol. The van der Waals surface area contributed by atoms with Gasteiger partial charge in [-0.25, -0.2) is 0 Å². The minimum atomic E-state index is 0.702. The maximum absolute atomic E-state index is 9.14. The Morgan fingerprint density at radius 1 is 1.16 bits per heavy atom. The van der Waals surface area contributed by atoms with E-state index >= 15 is 0 Å². The average Bonchev–Trinajstić information content (AvgIpc) is 2.46. The van der Waals surface area contributed by atoms with Crippen molar-refractivity contribution in [3.63, 3.8) is 0 Å². The van der Waals surface area contributed by atoms with Crippen LogP contribution in [0, 0.1) is 0 Å². The Hall–Kier alpha value is -1.51. The molecule has 19 heavy (non-hydrogen) atoms. The van der Waals surface area contributed by atoms with E-state index in [1.807, 2.05) is 6.07 Å². The van der Waals surface area contributed by atoms with Gasteiger partial charge in [0.15, 0.2) is 0 Å². The maximum Gasteiger partial charge on any atom is 0.113 e. The molecule has 0 unspecified atom stereocenters. The normalized spacial score (nSPS) is 14.7. The molecule has 2 N–H and O–H groups in total. The molecule has 0 spiro atoms. The van der Waals surface area contributed by atoms with Gasteiger partial charge in [-0.1, -0.05) is 49.9 Å². The number of hydrogen-bond donors (Lipinski definition) is 2. The van der Waals surface area contributed by atoms with Crippen LogP contribution < -0.4 is 15.9 Å². The first-order valence-electron chi connectivity index (χ1n) is 7.46. The highest BCUT2D eigenvalue weighted by Gasteiger charge is 2.01. The summed E-state index contributed by atoms with van der Waals surface area (Å²) in [6.07, 6.45) is 13.9. The Kier molecular flexibility index (Phi) is 5.25. The zero-order chi connectivity index (χ0) is 13.5. The van der Waals surface area contributed by atoms with Crippen LogP contribution in [0.2, 0.25) is 0 Å². The number of aryl methyl sites for hydroxylation is 1. The van der Waals surface area contributed by atoms with E-state index < -0.39 is 0 Å². The Bertz CT molecular complexity index is 563. The summed E-state index contributed by atoms with van der Waals surface area (Å²) in [5, 5.41) is 15.4. The third-order valence-corrected chi connectivity index (χ3v) is 3.69. The summed E-state index contributed by atoms with van der Waals surface area (Å²) in [7, 11) is 0. The van der Waals surface area contributed by atoms with Gasteiger partial charge in [0, 0.05) is 16.3 Å². The second-order valence-electron chi connectivity index (χ2n) is 5.26. The number of rotatable bonds is 6. The van der Waals surface area contributed by atoms with Crippen LogP contribution in [0.1, 0.15) is 57.6 Å². The van der Waals surface area contributed by atoms with E-state index in [0.29, 0.717) is 5.36 Å². The van der Waals surface area contributed by atoms with Gasteiger partial charge >= 0.3 is 0 Å². The van der Waals surface area contributed by atoms with Crippen molar-refractivity contribution in [1.29, 1.82) is 0 Å². The SMILES string of the molecule is CCCCCCCc1c/c(=N/O)c2c([nH]1)=CCCC=2. The fraction of sp³-hybridized carbons (Fsp3) is 0.562. The molecule has 1 heterocycles. The van der Waals surface area contributed by atoms with E-state index in [1.165, 1.54) is 37.8 Å². The standard InChI is InChI=1S/C16H24N2O/c1-2-3-4-5-6-9-13-12-16(18-19)14-10-7-8-11-15(14)17-13/h10-12,17,19H,2-9H2,1H3/b18-16-. The summed E-state index contributed by atoms with van der Waals surface area (Å²) >= 11 is 0. The lowest BCUT2D eigenvalue weighted by Crippen LogP contribution is -2.43. The van der Waals surface area contributed by atoms with E-state index in [9.17, 15) is 0 Å². The number of unbranched alkanes of at least 4 members (excludes halogenated alkanes) is 4. The van der Waals surface area contributed by atoms with Gasteiger partial charge in [0.25, 0.3) is 0 Å². The Labute approximate surface area is 114 Å². The fourth-order valence-corrected chi connectivity index (χ4v) is 2.62. The number of nitrogens with one attached hydrogen (secondary N) is 1. The molecule has 0 saturated heterocycles. The van der Waals surface area contributed by atoms with Crippen molar-refractivity contribution in [2.75, 3.05) is 0 Å². The number of aromatic amines is 1. The van der Waals surface area contributed by atoms with Crippen molar-refractivity contribution >= 4 is 12.2 Å². The second kappa shape index (κ2) is 7.17. The van der Waals surface area contributed by atoms with Crippen LogP contribution in [0.4, 0.5) is 0 Å². The highest BCUT2D eigenvalue weighted by molar-refractivity contribution is 5.35. The van der Waals surface area contributed by atoms with E-state index in [4.69, 9.17) is 5.21 Å². The largest absolute Gasteiger partial charge is 0.410 e. The fourth-order valence-electron chi connectivity index (χ4n) is 2.62. The molecule has 2 rings (SSSR count). The average molecular weight is 260 g/mol. The Balaban J connectivity index is 2.11. The maximum atomic E-state index is 9.14. The highest BCUT2D eigenvalue weighted by atomic mass is 16.4. The molecule has 0 amide bonds. The molecule has 0 radical (unpaired) electrons. The van der Waals surface area contributed by atoms with Gasteiger partial charge in [-0.3, -0.25) is 0 Å². The predicted octanol–water partition coefficient (Wildman–Crippen LogP) is 2.17. The third kappa shape index (κ3) is 3.72. The van der Waals surface area contributed by atoms with E-state index in [-0.39, 0.29) is 0 Å². The van der Waals surface area contributed by atoms with Gasteiger partial charge < -0.3 is 10.2 Å². The topological polar surface area (TPSA) is 48.4 Å². The highest BCUT2D eigenvalue weighted by Crippen LogP contribution is 2.05. The molecule has 0 fully saturated rings. The minimum Gasteiger partial charge on any atom is -0.410 e. The summed E-state index contributed by atoms with van der Waals surface area (Å²) in [4.78, 5) is 3.47. The summed E-state index contributed by atoms with van der Waals surface area (Å²) < 4.78 is 0. The minimum absolute atomic E-state index is 0.702. The molecule has 0 atom stereocenters. The first kappa shape index (κ1) is 13.9. The summed E-state index contributed by atoms with van der Waals surface area (Å²) in [6.45, 7) is 2.23. The number of aromatic nitrogens is 1. The van der Waals surface area contributed by atoms with Gasteiger partial charge in [-0.05, 0) is 31.7 Å². The molecule has 0 aromatic carbocycles. The van der Waals surface area contributed by atoms with Gasteiger partial charge in [0.05, 0.1) is 0 Å². The molecule has 1 aromatic heterocycles. The number of hydrogen-bond acceptors (Lipinski definition) is 2. The van der Waals surface area contributed by atoms with Crippen LogP contribution in [-0.4, -0.2) is 10.2 Å². The third-order valence-electron chi connectivity index (χ3n) is 3.69. The molecular formula is C16H24N2O. The van der Waals surface area contributed by atoms with E-state index in [2.05, 4.69) is 29.2 Å². The molecule has 3 heteroatoms. The van der Waals surface area contributed by atoms with Crippen molar-refractivity contribution in [3.05, 3.63) is 27.7 Å². The number of fused-ring (bicyclic) bond motifs is 1. The summed E-state index contributed by atoms with van der Waals surface area (Å²) in [5.74, 6) is 0. The van der Waals surface area contributed by atoms with Crippen molar-refractivity contribution < 1.29 is 5.21 Å². The smallest absolute Gasteiger partial charge is 0.113 e. The van der Waals surface area contributed by atoms with Crippen LogP contribution in [0.3, 0.4) is 0 Å². The number of H-pyrrole nitrogens is 1. The molecule has 1 aliphatic carbocycles. The Morgan fingerprint density at radius 2 is 1.95 bits per heavy atom. The lowest BCUT2D eigenvalue weighted by molar-refractivity contribution is 0.301. The van der Waals surface area contributed by atoms with E-state index in [1.54, 1.807) is 0 Å². The molecule has 1 aromatic rings. The van der Waals surface area contributed by atoms with Crippen molar-refractivity contribution in [2.45, 2.75) is 58.3 Å². The summed E-state index contributed by atoms with van der Waals surface area (Å²) in [5.41, 5.74) is 1.18. The lowest BCUT2D eigenvalue weighted by atomic mass is 10.1. The van der Waals surface area contributed by atoms with Gasteiger partial charge in [-0.2, -0.15) is 0 Å². The van der Waals surface area contributed by atoms with Gasteiger partial charge in [-0.15, -0.1) is 0 Å². The van der Waals surface area contributed by atoms with Crippen LogP contribution in [0.15, 0.2) is 11.2 Å². The molecule has 0 saturated carbocycles. The lowest BCUT2D eigenvalue weighted by Gasteiger charge is -2.06. The van der Waals surface area contributed by atoms with Gasteiger partial charge in [0.2, 0.25) is 0 Å². The molecule has 3 nitrogen and oxygen atoms in total. The van der Waals surface area contributed by atoms with Crippen LogP contribution >= 0.6 is 0 Å². The zero-order valence-electron chi connectivity index (χ0n) is 11.8. The predicted molar refractivity (Wildman–Crippen MR) is 78.0 cm³/mol. The first-order valence-corrected chi connectivity index (χ1v) is 7.46. The van der Waals surface area contributed by atoms with Gasteiger partial charge in [0.1, 0.15) is 5.36 Å². The monoisotopic (exact) mass is 260 g/mol. The number of nitrogens with zero attached hydrogens (tertiary/aromatic N) is 1. The van der Waals surface area contributed by atoms with Crippen molar-refractivity contribution in [1.82, 2.24) is 4.98 Å². The zero-order valence-corrected chi connectivity index (χ0v) is 11.8.